The Morgan fingerprint density at radius 3 is 2.54 bits per heavy atom. The fourth-order valence-electron chi connectivity index (χ4n) is 2.75. The highest BCUT2D eigenvalue weighted by molar-refractivity contribution is 7.21. The first-order chi connectivity index (χ1) is 12.7. The quantitative estimate of drug-likeness (QED) is 0.481. The molecule has 0 saturated carbocycles. The van der Waals surface area contributed by atoms with Gasteiger partial charge in [-0.15, -0.1) is 11.3 Å². The lowest BCUT2D eigenvalue weighted by Crippen LogP contribution is -2.07. The van der Waals surface area contributed by atoms with Crippen molar-refractivity contribution in [2.75, 3.05) is 5.32 Å². The fraction of sp³-hybridized carbons (Fsp3) is 0.143. The number of benzene rings is 2. The van der Waals surface area contributed by atoms with Gasteiger partial charge in [-0.2, -0.15) is 0 Å². The van der Waals surface area contributed by atoms with Gasteiger partial charge in [0.2, 0.25) is 0 Å². The van der Waals surface area contributed by atoms with Crippen LogP contribution in [-0.4, -0.2) is 16.1 Å². The lowest BCUT2D eigenvalue weighted by molar-refractivity contribution is 0.244. The van der Waals surface area contributed by atoms with Gasteiger partial charge in [0.25, 0.3) is 0 Å². The molecule has 130 valence electrons. The van der Waals surface area contributed by atoms with Gasteiger partial charge in [-0.25, -0.2) is 9.97 Å². The van der Waals surface area contributed by atoms with E-state index in [4.69, 9.17) is 4.74 Å². The number of thiophene rings is 1. The molecule has 0 saturated heterocycles. The number of nitrogens with one attached hydrogen (secondary N) is 1. The highest BCUT2D eigenvalue weighted by Crippen LogP contribution is 2.37. The predicted octanol–water partition coefficient (Wildman–Crippen LogP) is 5.89. The van der Waals surface area contributed by atoms with Crippen LogP contribution in [0, 0.1) is 0 Å². The molecule has 0 aliphatic heterocycles. The highest BCUT2D eigenvalue weighted by atomic mass is 32.1. The van der Waals surface area contributed by atoms with Crippen molar-refractivity contribution in [1.29, 1.82) is 0 Å². The molecule has 0 atom stereocenters. The van der Waals surface area contributed by atoms with Gasteiger partial charge in [0.05, 0.1) is 17.2 Å². The Labute approximate surface area is 156 Å². The van der Waals surface area contributed by atoms with E-state index in [1.165, 1.54) is 10.4 Å². The number of fused-ring (bicyclic) bond motifs is 1. The zero-order chi connectivity index (χ0) is 17.9. The van der Waals surface area contributed by atoms with Crippen molar-refractivity contribution in [1.82, 2.24) is 9.97 Å². The van der Waals surface area contributed by atoms with Crippen LogP contribution >= 0.6 is 11.3 Å². The summed E-state index contributed by atoms with van der Waals surface area (Å²) in [6.07, 6.45) is 1.70. The molecular weight excluding hydrogens is 342 g/mol. The van der Waals surface area contributed by atoms with E-state index >= 15 is 0 Å². The Bertz CT molecular complexity index is 1030. The Hall–Kier alpha value is -2.92. The SMILES string of the molecule is CC(C)Oc1ccccc1Nc1ncnc2sc(-c3ccccc3)cc12. The summed E-state index contributed by atoms with van der Waals surface area (Å²) in [5.74, 6) is 1.60. The molecule has 4 aromatic rings. The topological polar surface area (TPSA) is 47.0 Å². The Kier molecular flexibility index (Phi) is 4.54. The Morgan fingerprint density at radius 2 is 1.73 bits per heavy atom. The number of aromatic nitrogens is 2. The zero-order valence-electron chi connectivity index (χ0n) is 14.6. The third-order valence-electron chi connectivity index (χ3n) is 3.89. The van der Waals surface area contributed by atoms with E-state index in [0.717, 1.165) is 27.5 Å². The van der Waals surface area contributed by atoms with Crippen molar-refractivity contribution in [3.05, 3.63) is 67.0 Å². The van der Waals surface area contributed by atoms with Crippen LogP contribution in [0.25, 0.3) is 20.7 Å². The van der Waals surface area contributed by atoms with Crippen LogP contribution in [0.4, 0.5) is 11.5 Å². The van der Waals surface area contributed by atoms with Crippen LogP contribution in [0.2, 0.25) is 0 Å². The summed E-state index contributed by atoms with van der Waals surface area (Å²) in [6.45, 7) is 4.04. The molecule has 4 rings (SSSR count). The van der Waals surface area contributed by atoms with Crippen LogP contribution in [0.3, 0.4) is 0 Å². The number of anilines is 2. The average Bonchev–Trinajstić information content (AvgIpc) is 3.09. The van der Waals surface area contributed by atoms with Gasteiger partial charge in [0, 0.05) is 4.88 Å². The molecular formula is C21H19N3OS. The van der Waals surface area contributed by atoms with Gasteiger partial charge in [0.15, 0.2) is 0 Å². The molecule has 4 nitrogen and oxygen atoms in total. The number of hydrogen-bond donors (Lipinski definition) is 1. The second-order valence-corrected chi connectivity index (χ2v) is 7.24. The summed E-state index contributed by atoms with van der Waals surface area (Å²) in [5.41, 5.74) is 2.08. The number of ether oxygens (including phenoxy) is 1. The van der Waals surface area contributed by atoms with E-state index in [1.807, 2.05) is 56.3 Å². The normalized spacial score (nSPS) is 11.0. The molecule has 2 aromatic heterocycles. The molecule has 0 unspecified atom stereocenters. The van der Waals surface area contributed by atoms with E-state index in [0.29, 0.717) is 0 Å². The van der Waals surface area contributed by atoms with Gasteiger partial charge in [-0.3, -0.25) is 0 Å². The van der Waals surface area contributed by atoms with Crippen molar-refractivity contribution in [3.63, 3.8) is 0 Å². The van der Waals surface area contributed by atoms with E-state index in [2.05, 4.69) is 33.5 Å². The standard InChI is InChI=1S/C21H19N3OS/c1-14(2)25-18-11-7-6-10-17(18)24-20-16-12-19(15-8-4-3-5-9-15)26-21(16)23-13-22-20/h3-14H,1-2H3,(H,22,23,24). The van der Waals surface area contributed by atoms with Gasteiger partial charge in [0.1, 0.15) is 22.7 Å². The summed E-state index contributed by atoms with van der Waals surface area (Å²) in [4.78, 5) is 11.0. The average molecular weight is 361 g/mol. The predicted molar refractivity (Wildman–Crippen MR) is 108 cm³/mol. The molecule has 26 heavy (non-hydrogen) atoms. The van der Waals surface area contributed by atoms with Gasteiger partial charge < -0.3 is 10.1 Å². The first kappa shape index (κ1) is 16.5. The summed E-state index contributed by atoms with van der Waals surface area (Å²) in [7, 11) is 0. The highest BCUT2D eigenvalue weighted by Gasteiger charge is 2.12. The largest absolute Gasteiger partial charge is 0.489 e. The molecule has 0 amide bonds. The van der Waals surface area contributed by atoms with E-state index in [-0.39, 0.29) is 6.10 Å². The molecule has 5 heteroatoms. The number of hydrogen-bond acceptors (Lipinski definition) is 5. The van der Waals surface area contributed by atoms with Crippen LogP contribution in [0.5, 0.6) is 5.75 Å². The van der Waals surface area contributed by atoms with E-state index in [1.54, 1.807) is 17.7 Å². The minimum atomic E-state index is 0.106. The maximum Gasteiger partial charge on any atom is 0.143 e. The van der Waals surface area contributed by atoms with Crippen LogP contribution < -0.4 is 10.1 Å². The Morgan fingerprint density at radius 1 is 0.962 bits per heavy atom. The fourth-order valence-corrected chi connectivity index (χ4v) is 3.76. The van der Waals surface area contributed by atoms with Gasteiger partial charge in [-0.05, 0) is 37.6 Å². The molecule has 0 radical (unpaired) electrons. The lowest BCUT2D eigenvalue weighted by atomic mass is 10.2. The van der Waals surface area contributed by atoms with Gasteiger partial charge >= 0.3 is 0 Å². The number of para-hydroxylation sites is 2. The van der Waals surface area contributed by atoms with Crippen LogP contribution in [-0.2, 0) is 0 Å². The second kappa shape index (κ2) is 7.14. The molecule has 0 aliphatic rings. The molecule has 0 aliphatic carbocycles. The van der Waals surface area contributed by atoms with Crippen molar-refractivity contribution in [2.24, 2.45) is 0 Å². The third-order valence-corrected chi connectivity index (χ3v) is 4.98. The Balaban J connectivity index is 1.73. The summed E-state index contributed by atoms with van der Waals surface area (Å²) in [6, 6.07) is 20.4. The minimum Gasteiger partial charge on any atom is -0.489 e. The maximum absolute atomic E-state index is 5.90. The summed E-state index contributed by atoms with van der Waals surface area (Å²) in [5, 5.41) is 4.43. The molecule has 2 heterocycles. The lowest BCUT2D eigenvalue weighted by Gasteiger charge is -2.15. The number of nitrogens with zero attached hydrogens (tertiary/aromatic N) is 2. The minimum absolute atomic E-state index is 0.106. The third kappa shape index (κ3) is 3.39. The first-order valence-corrected chi connectivity index (χ1v) is 9.35. The molecule has 0 fully saturated rings. The number of rotatable bonds is 5. The van der Waals surface area contributed by atoms with E-state index in [9.17, 15) is 0 Å². The second-order valence-electron chi connectivity index (χ2n) is 6.21. The molecule has 2 aromatic carbocycles. The van der Waals surface area contributed by atoms with Crippen molar-refractivity contribution < 1.29 is 4.74 Å². The molecule has 0 bridgehead atoms. The van der Waals surface area contributed by atoms with Gasteiger partial charge in [-0.1, -0.05) is 42.5 Å². The van der Waals surface area contributed by atoms with Crippen molar-refractivity contribution in [2.45, 2.75) is 20.0 Å². The maximum atomic E-state index is 5.90. The smallest absolute Gasteiger partial charge is 0.143 e. The molecule has 0 spiro atoms. The van der Waals surface area contributed by atoms with E-state index < -0.39 is 0 Å². The summed E-state index contributed by atoms with van der Waals surface area (Å²) >= 11 is 1.67. The van der Waals surface area contributed by atoms with Crippen LogP contribution in [0.1, 0.15) is 13.8 Å². The zero-order valence-corrected chi connectivity index (χ0v) is 15.5. The van der Waals surface area contributed by atoms with Crippen LogP contribution in [0.15, 0.2) is 67.0 Å². The van der Waals surface area contributed by atoms with Crippen molar-refractivity contribution >= 4 is 33.1 Å². The summed E-state index contributed by atoms with van der Waals surface area (Å²) < 4.78 is 5.90. The first-order valence-electron chi connectivity index (χ1n) is 8.53. The van der Waals surface area contributed by atoms with Crippen molar-refractivity contribution in [3.8, 4) is 16.2 Å². The molecule has 1 N–H and O–H groups in total. The monoisotopic (exact) mass is 361 g/mol.